The van der Waals surface area contributed by atoms with Crippen molar-refractivity contribution in [2.75, 3.05) is 23.6 Å². The largest absolute Gasteiger partial charge is 0.454 e. The number of carbonyl (C=O) groups excluding carboxylic acids is 3. The van der Waals surface area contributed by atoms with E-state index in [1.165, 1.54) is 4.90 Å². The molecule has 0 saturated carbocycles. The van der Waals surface area contributed by atoms with Gasteiger partial charge in [0.1, 0.15) is 5.54 Å². The van der Waals surface area contributed by atoms with Crippen LogP contribution in [0.3, 0.4) is 0 Å². The van der Waals surface area contributed by atoms with Crippen LogP contribution in [0, 0.1) is 11.8 Å². The number of benzene rings is 2. The molecule has 31 heavy (non-hydrogen) atoms. The van der Waals surface area contributed by atoms with E-state index in [4.69, 9.17) is 9.47 Å². The molecule has 5 heterocycles. The van der Waals surface area contributed by atoms with Crippen molar-refractivity contribution in [3.63, 3.8) is 0 Å². The number of hydrogen-bond acceptors (Lipinski definition) is 6. The quantitative estimate of drug-likeness (QED) is 0.713. The van der Waals surface area contributed by atoms with Crippen molar-refractivity contribution >= 4 is 29.1 Å². The summed E-state index contributed by atoms with van der Waals surface area (Å²) >= 11 is 0. The first kappa shape index (κ1) is 17.3. The summed E-state index contributed by atoms with van der Waals surface area (Å²) in [5, 5.41) is 2.98. The second-order valence-corrected chi connectivity index (χ2v) is 8.72. The van der Waals surface area contributed by atoms with E-state index in [1.54, 1.807) is 18.2 Å². The lowest BCUT2D eigenvalue weighted by Crippen LogP contribution is -2.54. The van der Waals surface area contributed by atoms with Crippen LogP contribution in [0.5, 0.6) is 11.5 Å². The normalized spacial score (nSPS) is 32.6. The molecule has 8 heteroatoms. The minimum Gasteiger partial charge on any atom is -0.454 e. The maximum Gasteiger partial charge on any atom is 0.250 e. The first-order valence-electron chi connectivity index (χ1n) is 10.6. The van der Waals surface area contributed by atoms with E-state index in [0.29, 0.717) is 23.7 Å². The molecule has 8 nitrogen and oxygen atoms in total. The lowest BCUT2D eigenvalue weighted by Gasteiger charge is -2.36. The molecule has 156 valence electrons. The monoisotopic (exact) mass is 417 g/mol. The van der Waals surface area contributed by atoms with Gasteiger partial charge in [0, 0.05) is 23.4 Å². The van der Waals surface area contributed by atoms with Gasteiger partial charge in [0.25, 0.3) is 0 Å². The fraction of sp³-hybridized carbons (Fsp3) is 0.348. The van der Waals surface area contributed by atoms with Crippen LogP contribution in [0.25, 0.3) is 0 Å². The Balaban J connectivity index is 1.40. The van der Waals surface area contributed by atoms with E-state index < -0.39 is 17.4 Å². The second-order valence-electron chi connectivity index (χ2n) is 8.72. The molecule has 0 aromatic heterocycles. The zero-order chi connectivity index (χ0) is 20.9. The van der Waals surface area contributed by atoms with Crippen molar-refractivity contribution in [2.24, 2.45) is 11.8 Å². The number of fused-ring (bicyclic) bond motifs is 8. The lowest BCUT2D eigenvalue weighted by atomic mass is 9.75. The number of imide groups is 1. The number of rotatable bonds is 1. The molecule has 5 aliphatic rings. The molecular formula is C23H19N3O5. The topological polar surface area (TPSA) is 88.2 Å². The average molecular weight is 417 g/mol. The summed E-state index contributed by atoms with van der Waals surface area (Å²) in [6, 6.07) is 12.5. The number of anilines is 2. The Morgan fingerprint density at radius 2 is 1.84 bits per heavy atom. The van der Waals surface area contributed by atoms with Gasteiger partial charge in [0.2, 0.25) is 24.5 Å². The number of ether oxygens (including phenoxy) is 2. The predicted molar refractivity (Wildman–Crippen MR) is 109 cm³/mol. The molecule has 3 fully saturated rings. The molecule has 2 aromatic rings. The smallest absolute Gasteiger partial charge is 0.250 e. The van der Waals surface area contributed by atoms with Crippen molar-refractivity contribution in [3.05, 3.63) is 48.0 Å². The van der Waals surface area contributed by atoms with Crippen molar-refractivity contribution in [1.82, 2.24) is 4.90 Å². The summed E-state index contributed by atoms with van der Waals surface area (Å²) < 4.78 is 10.8. The van der Waals surface area contributed by atoms with Crippen molar-refractivity contribution in [2.45, 2.75) is 24.4 Å². The van der Waals surface area contributed by atoms with Crippen LogP contribution in [0.4, 0.5) is 11.4 Å². The van der Waals surface area contributed by atoms with Crippen molar-refractivity contribution in [1.29, 1.82) is 0 Å². The highest BCUT2D eigenvalue weighted by Gasteiger charge is 2.74. The van der Waals surface area contributed by atoms with Crippen LogP contribution in [0.2, 0.25) is 0 Å². The highest BCUT2D eigenvalue weighted by molar-refractivity contribution is 6.26. The Morgan fingerprint density at radius 3 is 2.74 bits per heavy atom. The van der Waals surface area contributed by atoms with Gasteiger partial charge in [-0.1, -0.05) is 18.2 Å². The molecule has 0 radical (unpaired) electrons. The van der Waals surface area contributed by atoms with E-state index in [9.17, 15) is 14.4 Å². The lowest BCUT2D eigenvalue weighted by molar-refractivity contribution is -0.135. The van der Waals surface area contributed by atoms with E-state index in [1.807, 2.05) is 24.3 Å². The molecule has 5 aliphatic heterocycles. The first-order chi connectivity index (χ1) is 15.1. The standard InChI is InChI=1S/C23H19N3O5/c27-20-18-15-6-3-9-25(15)23(13-4-1-2-5-14(13)24-22(23)29)19(18)21(28)26(20)12-7-8-16-17(10-12)31-11-30-16/h1-2,4-5,7-8,10,15,18-19H,3,6,9,11H2,(H,24,29)/t15-,18-,19+,23+/m1/s1. The fourth-order valence-corrected chi connectivity index (χ4v) is 6.44. The van der Waals surface area contributed by atoms with Gasteiger partial charge in [-0.25, -0.2) is 4.90 Å². The summed E-state index contributed by atoms with van der Waals surface area (Å²) in [6.45, 7) is 0.813. The molecule has 3 amide bonds. The van der Waals surface area contributed by atoms with Crippen LogP contribution in [-0.2, 0) is 19.9 Å². The van der Waals surface area contributed by atoms with Crippen LogP contribution < -0.4 is 19.7 Å². The Kier molecular flexibility index (Phi) is 3.15. The fourth-order valence-electron chi connectivity index (χ4n) is 6.44. The molecule has 4 atom stereocenters. The van der Waals surface area contributed by atoms with Gasteiger partial charge in [-0.3, -0.25) is 19.3 Å². The SMILES string of the molecule is O=C1[C@@H]2[C@H]3CCCN3[C@]3(C(=O)Nc4ccccc43)[C@@H]2C(=O)N1c1ccc2c(c1)OCO2. The van der Waals surface area contributed by atoms with Crippen LogP contribution in [0.1, 0.15) is 18.4 Å². The van der Waals surface area contributed by atoms with Crippen LogP contribution in [-0.4, -0.2) is 42.0 Å². The Morgan fingerprint density at radius 1 is 1.00 bits per heavy atom. The molecule has 7 rings (SSSR count). The number of nitrogens with one attached hydrogen (secondary N) is 1. The van der Waals surface area contributed by atoms with Crippen molar-refractivity contribution < 1.29 is 23.9 Å². The van der Waals surface area contributed by atoms with Gasteiger partial charge in [0.15, 0.2) is 11.5 Å². The van der Waals surface area contributed by atoms with Gasteiger partial charge < -0.3 is 14.8 Å². The van der Waals surface area contributed by atoms with Crippen LogP contribution >= 0.6 is 0 Å². The van der Waals surface area contributed by atoms with E-state index in [0.717, 1.165) is 24.1 Å². The van der Waals surface area contributed by atoms with E-state index >= 15 is 0 Å². The maximum absolute atomic E-state index is 13.9. The van der Waals surface area contributed by atoms with Crippen molar-refractivity contribution in [3.8, 4) is 11.5 Å². The molecular weight excluding hydrogens is 398 g/mol. The Hall–Kier alpha value is -3.39. The second kappa shape index (κ2) is 5.64. The summed E-state index contributed by atoms with van der Waals surface area (Å²) in [6.07, 6.45) is 1.70. The average Bonchev–Trinajstić information content (AvgIpc) is 3.54. The summed E-state index contributed by atoms with van der Waals surface area (Å²) in [5.74, 6) is -0.963. The van der Waals surface area contributed by atoms with Gasteiger partial charge in [-0.05, 0) is 37.6 Å². The molecule has 0 bridgehead atoms. The highest BCUT2D eigenvalue weighted by atomic mass is 16.7. The Labute approximate surface area is 177 Å². The Bertz CT molecular complexity index is 1200. The van der Waals surface area contributed by atoms with E-state index in [2.05, 4.69) is 10.2 Å². The summed E-state index contributed by atoms with van der Waals surface area (Å²) in [7, 11) is 0. The third-order valence-electron chi connectivity index (χ3n) is 7.51. The number of amides is 3. The third-order valence-corrected chi connectivity index (χ3v) is 7.51. The zero-order valence-electron chi connectivity index (χ0n) is 16.5. The van der Waals surface area contributed by atoms with Gasteiger partial charge in [0.05, 0.1) is 17.5 Å². The zero-order valence-corrected chi connectivity index (χ0v) is 16.5. The maximum atomic E-state index is 13.9. The third kappa shape index (κ3) is 1.88. The highest BCUT2D eigenvalue weighted by Crippen LogP contribution is 2.60. The number of carbonyl (C=O) groups is 3. The van der Waals surface area contributed by atoms with Gasteiger partial charge in [-0.15, -0.1) is 0 Å². The summed E-state index contributed by atoms with van der Waals surface area (Å²) in [4.78, 5) is 44.4. The molecule has 1 spiro atoms. The van der Waals surface area contributed by atoms with E-state index in [-0.39, 0.29) is 30.6 Å². The molecule has 3 saturated heterocycles. The first-order valence-corrected chi connectivity index (χ1v) is 10.6. The minimum absolute atomic E-state index is 0.114. The molecule has 0 aliphatic carbocycles. The van der Waals surface area contributed by atoms with Crippen LogP contribution in [0.15, 0.2) is 42.5 Å². The number of hydrogen-bond donors (Lipinski definition) is 1. The number of nitrogens with zero attached hydrogens (tertiary/aromatic N) is 2. The summed E-state index contributed by atoms with van der Waals surface area (Å²) in [5.41, 5.74) is 0.842. The van der Waals surface area contributed by atoms with Gasteiger partial charge in [-0.2, -0.15) is 0 Å². The van der Waals surface area contributed by atoms with Gasteiger partial charge >= 0.3 is 0 Å². The molecule has 2 aromatic carbocycles. The molecule has 1 N–H and O–H groups in total. The number of para-hydroxylation sites is 1. The predicted octanol–water partition coefficient (Wildman–Crippen LogP) is 1.85. The minimum atomic E-state index is -1.14. The molecule has 0 unspecified atom stereocenters.